The van der Waals surface area contributed by atoms with Crippen molar-refractivity contribution in [1.82, 2.24) is 0 Å². The Bertz CT molecular complexity index is 359. The van der Waals surface area contributed by atoms with Crippen LogP contribution < -0.4 is 5.73 Å². The SMILES string of the molecule is Nc1ccc([N+](=O)[O-])cc1C1CC1. The molecule has 0 radical (unpaired) electrons. The van der Waals surface area contributed by atoms with E-state index in [9.17, 15) is 10.1 Å². The van der Waals surface area contributed by atoms with Gasteiger partial charge in [-0.1, -0.05) is 0 Å². The van der Waals surface area contributed by atoms with Crippen molar-refractivity contribution in [1.29, 1.82) is 0 Å². The summed E-state index contributed by atoms with van der Waals surface area (Å²) < 4.78 is 0. The van der Waals surface area contributed by atoms with Gasteiger partial charge in [0.05, 0.1) is 4.92 Å². The van der Waals surface area contributed by atoms with Gasteiger partial charge >= 0.3 is 0 Å². The standard InChI is InChI=1S/C9H10N2O2/c10-9-4-3-7(11(12)13)5-8(9)6-1-2-6/h3-6H,1-2,10H2. The highest BCUT2D eigenvalue weighted by Crippen LogP contribution is 2.43. The van der Waals surface area contributed by atoms with Crippen LogP contribution in [0.25, 0.3) is 0 Å². The summed E-state index contributed by atoms with van der Waals surface area (Å²) in [5, 5.41) is 10.5. The number of nitrogens with two attached hydrogens (primary N) is 1. The van der Waals surface area contributed by atoms with Crippen molar-refractivity contribution < 1.29 is 4.92 Å². The first kappa shape index (κ1) is 8.04. The second-order valence-corrected chi connectivity index (χ2v) is 3.34. The predicted molar refractivity (Wildman–Crippen MR) is 49.5 cm³/mol. The van der Waals surface area contributed by atoms with E-state index in [4.69, 9.17) is 5.73 Å². The van der Waals surface area contributed by atoms with E-state index in [1.165, 1.54) is 6.07 Å². The Kier molecular flexibility index (Phi) is 1.69. The highest BCUT2D eigenvalue weighted by atomic mass is 16.6. The van der Waals surface area contributed by atoms with E-state index < -0.39 is 0 Å². The number of non-ortho nitro benzene ring substituents is 1. The molecule has 0 aliphatic heterocycles. The Labute approximate surface area is 75.5 Å². The molecule has 0 aromatic heterocycles. The maximum absolute atomic E-state index is 10.5. The first-order valence-electron chi connectivity index (χ1n) is 4.22. The summed E-state index contributed by atoms with van der Waals surface area (Å²) in [6.07, 6.45) is 2.21. The molecule has 0 spiro atoms. The fourth-order valence-corrected chi connectivity index (χ4v) is 1.42. The molecular weight excluding hydrogens is 168 g/mol. The zero-order chi connectivity index (χ0) is 9.42. The lowest BCUT2D eigenvalue weighted by atomic mass is 10.1. The molecule has 1 aliphatic rings. The molecular formula is C9H10N2O2. The maximum atomic E-state index is 10.5. The Morgan fingerprint density at radius 3 is 2.69 bits per heavy atom. The molecule has 0 heterocycles. The molecule has 1 aromatic rings. The van der Waals surface area contributed by atoms with Crippen LogP contribution in [0.15, 0.2) is 18.2 Å². The van der Waals surface area contributed by atoms with Crippen LogP contribution in [-0.2, 0) is 0 Å². The lowest BCUT2D eigenvalue weighted by molar-refractivity contribution is -0.384. The number of nitrogens with zero attached hydrogens (tertiary/aromatic N) is 1. The molecule has 1 aliphatic carbocycles. The summed E-state index contributed by atoms with van der Waals surface area (Å²) in [5.74, 6) is 0.458. The summed E-state index contributed by atoms with van der Waals surface area (Å²) in [7, 11) is 0. The largest absolute Gasteiger partial charge is 0.398 e. The van der Waals surface area contributed by atoms with Crippen LogP contribution in [-0.4, -0.2) is 4.92 Å². The lowest BCUT2D eigenvalue weighted by Gasteiger charge is -2.02. The van der Waals surface area contributed by atoms with Crippen LogP contribution in [0, 0.1) is 10.1 Å². The van der Waals surface area contributed by atoms with E-state index in [0.29, 0.717) is 11.6 Å². The molecule has 4 nitrogen and oxygen atoms in total. The average Bonchev–Trinajstić information content (AvgIpc) is 2.87. The number of anilines is 1. The highest BCUT2D eigenvalue weighted by molar-refractivity contribution is 5.55. The van der Waals surface area contributed by atoms with E-state index in [0.717, 1.165) is 18.4 Å². The minimum atomic E-state index is -0.384. The Morgan fingerprint density at radius 1 is 1.46 bits per heavy atom. The maximum Gasteiger partial charge on any atom is 0.269 e. The smallest absolute Gasteiger partial charge is 0.269 e. The van der Waals surface area contributed by atoms with E-state index in [1.807, 2.05) is 0 Å². The summed E-state index contributed by atoms with van der Waals surface area (Å²) in [6, 6.07) is 4.65. The summed E-state index contributed by atoms with van der Waals surface area (Å²) in [4.78, 5) is 10.1. The Morgan fingerprint density at radius 2 is 2.15 bits per heavy atom. The van der Waals surface area contributed by atoms with E-state index in [1.54, 1.807) is 12.1 Å². The summed E-state index contributed by atoms with van der Waals surface area (Å²) in [6.45, 7) is 0. The lowest BCUT2D eigenvalue weighted by Crippen LogP contribution is -1.95. The third-order valence-corrected chi connectivity index (χ3v) is 2.30. The van der Waals surface area contributed by atoms with Crippen molar-refractivity contribution in [2.24, 2.45) is 0 Å². The molecule has 0 bridgehead atoms. The number of nitro benzene ring substituents is 1. The second kappa shape index (κ2) is 2.73. The molecule has 13 heavy (non-hydrogen) atoms. The van der Waals surface area contributed by atoms with Crippen LogP contribution in [0.2, 0.25) is 0 Å². The number of nitrogen functional groups attached to an aromatic ring is 1. The van der Waals surface area contributed by atoms with Gasteiger partial charge in [-0.15, -0.1) is 0 Å². The van der Waals surface area contributed by atoms with E-state index in [2.05, 4.69) is 0 Å². The van der Waals surface area contributed by atoms with Crippen molar-refractivity contribution in [3.63, 3.8) is 0 Å². The number of benzene rings is 1. The average molecular weight is 178 g/mol. The third-order valence-electron chi connectivity index (χ3n) is 2.30. The van der Waals surface area contributed by atoms with Gasteiger partial charge in [0, 0.05) is 17.8 Å². The molecule has 2 N–H and O–H groups in total. The van der Waals surface area contributed by atoms with Gasteiger partial charge in [-0.25, -0.2) is 0 Å². The zero-order valence-electron chi connectivity index (χ0n) is 7.06. The quantitative estimate of drug-likeness (QED) is 0.428. The molecule has 1 aromatic carbocycles. The van der Waals surface area contributed by atoms with Crippen LogP contribution in [0.4, 0.5) is 11.4 Å². The molecule has 2 rings (SSSR count). The van der Waals surface area contributed by atoms with Crippen LogP contribution >= 0.6 is 0 Å². The Hall–Kier alpha value is -1.58. The van der Waals surface area contributed by atoms with Gasteiger partial charge in [0.25, 0.3) is 5.69 Å². The number of hydrogen-bond donors (Lipinski definition) is 1. The molecule has 4 heteroatoms. The molecule has 0 unspecified atom stereocenters. The van der Waals surface area contributed by atoms with Gasteiger partial charge in [-0.2, -0.15) is 0 Å². The van der Waals surface area contributed by atoms with Crippen molar-refractivity contribution in [3.05, 3.63) is 33.9 Å². The minimum absolute atomic E-state index is 0.135. The summed E-state index contributed by atoms with van der Waals surface area (Å²) in [5.41, 5.74) is 7.46. The van der Waals surface area contributed by atoms with Gasteiger partial charge in [0.2, 0.25) is 0 Å². The number of rotatable bonds is 2. The molecule has 0 atom stereocenters. The zero-order valence-corrected chi connectivity index (χ0v) is 7.06. The highest BCUT2D eigenvalue weighted by Gasteiger charge is 2.26. The van der Waals surface area contributed by atoms with Crippen molar-refractivity contribution in [2.75, 3.05) is 5.73 Å². The monoisotopic (exact) mass is 178 g/mol. The van der Waals surface area contributed by atoms with Gasteiger partial charge in [-0.3, -0.25) is 10.1 Å². The van der Waals surface area contributed by atoms with Crippen molar-refractivity contribution in [2.45, 2.75) is 18.8 Å². The molecule has 68 valence electrons. The molecule has 0 saturated heterocycles. The summed E-state index contributed by atoms with van der Waals surface area (Å²) >= 11 is 0. The topological polar surface area (TPSA) is 69.2 Å². The van der Waals surface area contributed by atoms with E-state index in [-0.39, 0.29) is 10.6 Å². The second-order valence-electron chi connectivity index (χ2n) is 3.34. The van der Waals surface area contributed by atoms with Crippen molar-refractivity contribution in [3.8, 4) is 0 Å². The fraction of sp³-hybridized carbons (Fsp3) is 0.333. The molecule has 1 fully saturated rings. The normalized spacial score (nSPS) is 15.7. The Balaban J connectivity index is 2.41. The minimum Gasteiger partial charge on any atom is -0.398 e. The fourth-order valence-electron chi connectivity index (χ4n) is 1.42. The number of nitro groups is 1. The van der Waals surface area contributed by atoms with Gasteiger partial charge < -0.3 is 5.73 Å². The third kappa shape index (κ3) is 1.47. The van der Waals surface area contributed by atoms with Gasteiger partial charge in [0.15, 0.2) is 0 Å². The first-order chi connectivity index (χ1) is 6.18. The van der Waals surface area contributed by atoms with Gasteiger partial charge in [0.1, 0.15) is 0 Å². The first-order valence-corrected chi connectivity index (χ1v) is 4.22. The number of hydrogen-bond acceptors (Lipinski definition) is 3. The van der Waals surface area contributed by atoms with E-state index >= 15 is 0 Å². The van der Waals surface area contributed by atoms with Crippen molar-refractivity contribution >= 4 is 11.4 Å². The van der Waals surface area contributed by atoms with Crippen LogP contribution in [0.1, 0.15) is 24.3 Å². The predicted octanol–water partition coefficient (Wildman–Crippen LogP) is 2.05. The molecule has 0 amide bonds. The van der Waals surface area contributed by atoms with Crippen LogP contribution in [0.5, 0.6) is 0 Å². The van der Waals surface area contributed by atoms with Crippen LogP contribution in [0.3, 0.4) is 0 Å². The molecule has 1 saturated carbocycles. The van der Waals surface area contributed by atoms with Gasteiger partial charge in [-0.05, 0) is 30.4 Å².